The van der Waals surface area contributed by atoms with Crippen LogP contribution in [0.25, 0.3) is 9.95 Å². The third kappa shape index (κ3) is 16.6. The number of hydrogen-bond donors (Lipinski definition) is 0. The number of diazo groups is 2. The Hall–Kier alpha value is -0.0566. The van der Waals surface area contributed by atoms with Gasteiger partial charge in [0, 0.05) is 0 Å². The van der Waals surface area contributed by atoms with Crippen molar-refractivity contribution in [1.29, 1.82) is 10.8 Å². The van der Waals surface area contributed by atoms with Crippen LogP contribution in [0.1, 0.15) is 39.5 Å². The van der Waals surface area contributed by atoms with Gasteiger partial charge in [-0.3, -0.25) is 0 Å². The van der Waals surface area contributed by atoms with Crippen molar-refractivity contribution in [1.82, 2.24) is 0 Å². The van der Waals surface area contributed by atoms with Crippen molar-refractivity contribution in [2.75, 3.05) is 25.7 Å². The molecule has 15 heteroatoms. The van der Waals surface area contributed by atoms with E-state index in [1.165, 1.54) is 0 Å². The average molecular weight is 723 g/mol. The maximum absolute atomic E-state index is 8.72. The summed E-state index contributed by atoms with van der Waals surface area (Å²) in [7, 11) is 20.0. The van der Waals surface area contributed by atoms with Gasteiger partial charge in [-0.05, 0) is 36.5 Å². The van der Waals surface area contributed by atoms with Gasteiger partial charge in [0.1, 0.15) is 21.5 Å². The van der Waals surface area contributed by atoms with Crippen molar-refractivity contribution in [2.45, 2.75) is 49.3 Å². The van der Waals surface area contributed by atoms with E-state index in [0.717, 1.165) is 47.0 Å². The van der Waals surface area contributed by atoms with Crippen LogP contribution in [0.4, 0.5) is 11.4 Å². The fraction of sp³-hybridized carbons (Fsp3) is 0.455. The molecule has 2 rings (SSSR count). The van der Waals surface area contributed by atoms with E-state index in [2.05, 4.69) is 23.8 Å². The number of halogens is 6. The maximum atomic E-state index is 8.72. The monoisotopic (exact) mass is 718 g/mol. The molecule has 0 bridgehead atoms. The normalized spacial score (nSPS) is 10.2. The zero-order chi connectivity index (χ0) is 28.4. The van der Waals surface area contributed by atoms with Crippen LogP contribution in [0.3, 0.4) is 0 Å². The molecule has 0 spiro atoms. The van der Waals surface area contributed by atoms with Crippen molar-refractivity contribution < 1.29 is 20.3 Å². The number of nitrogens with zero attached hydrogens (tertiary/aromatic N) is 4. The van der Waals surface area contributed by atoms with Gasteiger partial charge in [-0.15, -0.1) is 23.5 Å². The summed E-state index contributed by atoms with van der Waals surface area (Å²) < 4.78 is 10.4. The number of benzene rings is 2. The summed E-state index contributed by atoms with van der Waals surface area (Å²) in [6.07, 6.45) is 4.62. The van der Waals surface area contributed by atoms with E-state index >= 15 is 0 Å². The number of thioether (sulfide) groups is 2. The Morgan fingerprint density at radius 3 is 1.30 bits per heavy atom. The molecule has 0 amide bonds. The molecule has 0 saturated carbocycles. The summed E-state index contributed by atoms with van der Waals surface area (Å²) in [5.74, 6) is 3.44. The van der Waals surface area contributed by atoms with Gasteiger partial charge in [-0.1, -0.05) is 49.9 Å². The van der Waals surface area contributed by atoms with E-state index in [4.69, 9.17) is 82.2 Å². The van der Waals surface area contributed by atoms with Crippen LogP contribution in [0.15, 0.2) is 34.1 Å². The summed E-state index contributed by atoms with van der Waals surface area (Å²) in [6, 6.07) is 6.82. The van der Waals surface area contributed by atoms with E-state index in [1.807, 2.05) is 0 Å². The minimum atomic E-state index is -3.36. The molecule has 6 nitrogen and oxygen atoms in total. The summed E-state index contributed by atoms with van der Waals surface area (Å²) in [5, 5.41) is 18.3. The van der Waals surface area contributed by atoms with Gasteiger partial charge in [0.2, 0.25) is 10.8 Å². The summed E-state index contributed by atoms with van der Waals surface area (Å²) in [4.78, 5) is 8.15. The summed E-state index contributed by atoms with van der Waals surface area (Å²) >= 11 is 15.3. The van der Waals surface area contributed by atoms with Gasteiger partial charge in [0.05, 0.1) is 36.1 Å². The first-order valence-corrected chi connectivity index (χ1v) is 29.6. The Bertz CT molecular complexity index is 982. The summed E-state index contributed by atoms with van der Waals surface area (Å²) in [5.41, 5.74) is 0.664. The number of unbranched alkanes of at least 4 members (excludes halogenated alkanes) is 2. The quantitative estimate of drug-likeness (QED) is 0.105. The molecule has 0 aliphatic heterocycles. The zero-order valence-electron chi connectivity index (χ0n) is 20.9. The SMILES string of the molecule is CCCCSc1cc(Cl)c([N+]#N)cc1OC.CCCCSc1cc(Cl)c([N+]#N)cc1OC.[Cl][Zn-2]([Cl])([Cl])[Cl]. The fourth-order valence-corrected chi connectivity index (χ4v) is 5.21. The Morgan fingerprint density at radius 1 is 0.730 bits per heavy atom. The number of hydrogen-bond acceptors (Lipinski definition) is 6. The molecule has 2 aromatic carbocycles. The third-order valence-corrected chi connectivity index (χ3v) is 7.04. The molecule has 0 aliphatic carbocycles. The zero-order valence-corrected chi connectivity index (χ0v) is 30.1. The Balaban J connectivity index is 0.000000594. The second kappa shape index (κ2) is 20.8. The van der Waals surface area contributed by atoms with Crippen LogP contribution < -0.4 is 9.47 Å². The number of rotatable bonds is 10. The van der Waals surface area contributed by atoms with Crippen LogP contribution in [0.2, 0.25) is 10.0 Å². The van der Waals surface area contributed by atoms with Gasteiger partial charge in [-0.2, -0.15) is 0 Å². The molecule has 0 radical (unpaired) electrons. The fourth-order valence-electron chi connectivity index (χ4n) is 2.40. The predicted octanol–water partition coefficient (Wildman–Crippen LogP) is 12.2. The van der Waals surface area contributed by atoms with Crippen molar-refractivity contribution >= 4 is 96.9 Å². The predicted molar refractivity (Wildman–Crippen MR) is 160 cm³/mol. The standard InChI is InChI=1S/2C11H14ClN2OS.4ClH.Zn/c2*1-3-4-5-16-11-6-8(12)9(14-13)7-10(11)15-2;;;;;/h2*6-7H,3-5H2,1-2H3;4*1H;/q2*+1;;;;;+2/p-4. The first-order valence-electron chi connectivity index (χ1n) is 11.2. The molecule has 0 unspecified atom stereocenters. The van der Waals surface area contributed by atoms with Gasteiger partial charge >= 0.3 is 61.0 Å². The molecule has 0 heterocycles. The molecular weight excluding hydrogens is 695 g/mol. The first kappa shape index (κ1) is 36.9. The molecule has 0 fully saturated rings. The summed E-state index contributed by atoms with van der Waals surface area (Å²) in [6.45, 7) is 4.30. The molecule has 2 aromatic rings. The number of methoxy groups -OCH3 is 2. The Labute approximate surface area is 256 Å². The van der Waals surface area contributed by atoms with Crippen LogP contribution in [-0.4, -0.2) is 25.7 Å². The molecule has 0 aromatic heterocycles. The van der Waals surface area contributed by atoms with Gasteiger partial charge < -0.3 is 9.47 Å². The van der Waals surface area contributed by atoms with E-state index in [0.29, 0.717) is 32.9 Å². The van der Waals surface area contributed by atoms with Crippen molar-refractivity contribution in [2.24, 2.45) is 0 Å². The molecule has 0 aliphatic rings. The molecule has 0 N–H and O–H groups in total. The third-order valence-electron chi connectivity index (χ3n) is 4.19. The van der Waals surface area contributed by atoms with E-state index in [-0.39, 0.29) is 0 Å². The van der Waals surface area contributed by atoms with Crippen molar-refractivity contribution in [3.8, 4) is 11.5 Å². The second-order valence-electron chi connectivity index (χ2n) is 7.12. The van der Waals surface area contributed by atoms with E-state index < -0.39 is 10.8 Å². The minimum absolute atomic E-state index is 0.332. The van der Waals surface area contributed by atoms with Crippen molar-refractivity contribution in [3.05, 3.63) is 44.3 Å². The molecule has 204 valence electrons. The van der Waals surface area contributed by atoms with Crippen LogP contribution in [-0.2, 0) is 10.8 Å². The number of ether oxygens (including phenoxy) is 2. The van der Waals surface area contributed by atoms with E-state index in [9.17, 15) is 0 Å². The topological polar surface area (TPSA) is 74.8 Å². The van der Waals surface area contributed by atoms with Gasteiger partial charge in [0.25, 0.3) is 0 Å². The van der Waals surface area contributed by atoms with Crippen LogP contribution >= 0.6 is 85.5 Å². The second-order valence-corrected chi connectivity index (χ2v) is 37.9. The van der Waals surface area contributed by atoms with Gasteiger partial charge in [-0.25, -0.2) is 0 Å². The first-order chi connectivity index (χ1) is 17.4. The molecule has 37 heavy (non-hydrogen) atoms. The van der Waals surface area contributed by atoms with E-state index in [1.54, 1.807) is 62.0 Å². The van der Waals surface area contributed by atoms with Crippen LogP contribution in [0.5, 0.6) is 11.5 Å². The van der Waals surface area contributed by atoms with Crippen molar-refractivity contribution in [3.63, 3.8) is 0 Å². The Kier molecular flexibility index (Phi) is 20.8. The average Bonchev–Trinajstić information content (AvgIpc) is 2.84. The molecular formula is C22H28Cl6N4O2S2Zn. The molecule has 0 atom stereocenters. The van der Waals surface area contributed by atoms with Gasteiger partial charge in [0.15, 0.2) is 9.95 Å². The Morgan fingerprint density at radius 2 is 1.05 bits per heavy atom. The molecule has 0 saturated heterocycles. The van der Waals surface area contributed by atoms with Crippen LogP contribution in [0, 0.1) is 10.8 Å².